The molecule has 0 spiro atoms. The molecule has 0 amide bonds. The van der Waals surface area contributed by atoms with Gasteiger partial charge in [-0.15, -0.1) is 0 Å². The van der Waals surface area contributed by atoms with Gasteiger partial charge in [0.15, 0.2) is 11.4 Å². The van der Waals surface area contributed by atoms with Crippen molar-refractivity contribution in [1.82, 2.24) is 0 Å². The molecule has 0 aliphatic heterocycles. The van der Waals surface area contributed by atoms with Gasteiger partial charge in [-0.3, -0.25) is 14.4 Å². The molecule has 0 aromatic carbocycles. The summed E-state index contributed by atoms with van der Waals surface area (Å²) >= 11 is 0. The molecule has 3 saturated carbocycles. The van der Waals surface area contributed by atoms with Gasteiger partial charge in [-0.2, -0.15) is 0 Å². The maximum absolute atomic E-state index is 13.2. The zero-order valence-corrected chi connectivity index (χ0v) is 18.9. The number of esters is 1. The van der Waals surface area contributed by atoms with Crippen LogP contribution in [-0.4, -0.2) is 46.1 Å². The molecule has 2 N–H and O–H groups in total. The summed E-state index contributed by atoms with van der Waals surface area (Å²) in [5.41, 5.74) is -1.51. The number of ether oxygens (including phenoxy) is 1. The maximum Gasteiger partial charge on any atom is 0.306 e. The monoisotopic (exact) mass is 430 g/mol. The number of ketones is 2. The lowest BCUT2D eigenvalue weighted by Gasteiger charge is -2.60. The molecule has 6 nitrogen and oxygen atoms in total. The van der Waals surface area contributed by atoms with E-state index in [1.54, 1.807) is 19.1 Å². The molecular formula is C25H34O6. The maximum atomic E-state index is 13.2. The fourth-order valence-electron chi connectivity index (χ4n) is 7.88. The zero-order chi connectivity index (χ0) is 22.8. The van der Waals surface area contributed by atoms with E-state index >= 15 is 0 Å². The van der Waals surface area contributed by atoms with E-state index in [1.807, 2.05) is 19.9 Å². The Morgan fingerprint density at radius 1 is 1.29 bits per heavy atom. The summed E-state index contributed by atoms with van der Waals surface area (Å²) < 4.78 is 5.93. The minimum absolute atomic E-state index is 0.00501. The Bertz CT molecular complexity index is 873. The van der Waals surface area contributed by atoms with Crippen LogP contribution >= 0.6 is 0 Å². The summed E-state index contributed by atoms with van der Waals surface area (Å²) in [5, 5.41) is 21.3. The van der Waals surface area contributed by atoms with Gasteiger partial charge in [0.25, 0.3) is 0 Å². The number of Topliss-reactive ketones (excluding diaryl/α,β-unsaturated/α-hetero) is 1. The summed E-state index contributed by atoms with van der Waals surface area (Å²) in [6, 6.07) is 0. The molecule has 0 aromatic heterocycles. The number of aliphatic hydroxyl groups excluding tert-OH is 2. The Kier molecular flexibility index (Phi) is 5.33. The van der Waals surface area contributed by atoms with Crippen molar-refractivity contribution in [3.63, 3.8) is 0 Å². The first-order valence-electron chi connectivity index (χ1n) is 11.5. The van der Waals surface area contributed by atoms with Gasteiger partial charge in [-0.25, -0.2) is 0 Å². The quantitative estimate of drug-likeness (QED) is 0.665. The molecule has 0 bridgehead atoms. The van der Waals surface area contributed by atoms with Crippen molar-refractivity contribution in [3.8, 4) is 0 Å². The van der Waals surface area contributed by atoms with Crippen LogP contribution in [0.5, 0.6) is 0 Å². The second-order valence-electron chi connectivity index (χ2n) is 10.5. The Morgan fingerprint density at radius 2 is 2.00 bits per heavy atom. The lowest BCUT2D eigenvalue weighted by molar-refractivity contribution is -0.205. The van der Waals surface area contributed by atoms with Crippen molar-refractivity contribution in [2.75, 3.05) is 6.61 Å². The average Bonchev–Trinajstić information content (AvgIpc) is 2.94. The highest BCUT2D eigenvalue weighted by molar-refractivity contribution is 6.01. The molecule has 0 radical (unpaired) electrons. The lowest BCUT2D eigenvalue weighted by Crippen LogP contribution is -2.64. The number of fused-ring (bicyclic) bond motifs is 5. The molecule has 0 heterocycles. The SMILES string of the molecule is CCC(=O)O[C@@]1(C(=O)CO)[C@H](C)C[C@H]2[C@@H]3CCC4=CC(=O)C=C[C@]4(C)[C@H]3[C@@H](O)C[C@@]21C. The van der Waals surface area contributed by atoms with E-state index in [1.165, 1.54) is 0 Å². The van der Waals surface area contributed by atoms with Crippen molar-refractivity contribution >= 4 is 17.5 Å². The van der Waals surface area contributed by atoms with Crippen LogP contribution in [0.25, 0.3) is 0 Å². The van der Waals surface area contributed by atoms with Gasteiger partial charge >= 0.3 is 5.97 Å². The third-order valence-electron chi connectivity index (χ3n) is 9.16. The predicted octanol–water partition coefficient (Wildman–Crippen LogP) is 2.76. The van der Waals surface area contributed by atoms with Gasteiger partial charge in [0.1, 0.15) is 6.61 Å². The van der Waals surface area contributed by atoms with E-state index in [4.69, 9.17) is 4.74 Å². The third-order valence-corrected chi connectivity index (χ3v) is 9.16. The highest BCUT2D eigenvalue weighted by Crippen LogP contribution is 2.69. The van der Waals surface area contributed by atoms with Crippen molar-refractivity contribution in [3.05, 3.63) is 23.8 Å². The Balaban J connectivity index is 1.80. The van der Waals surface area contributed by atoms with E-state index in [-0.39, 0.29) is 35.9 Å². The number of rotatable bonds is 4. The standard InChI is InChI=1S/C25H34O6/c1-5-21(30)31-25(20(29)13-26)14(2)10-18-17-7-6-15-11-16(27)8-9-23(15,3)22(17)19(28)12-24(18,25)4/h8-9,11,14,17-19,22,26,28H,5-7,10,12-13H2,1-4H3/t14-,17+,18+,19+,22-,23+,24+,25-/m1/s1. The minimum atomic E-state index is -1.43. The summed E-state index contributed by atoms with van der Waals surface area (Å²) in [4.78, 5) is 37.6. The van der Waals surface area contributed by atoms with E-state index in [2.05, 4.69) is 6.92 Å². The fraction of sp³-hybridized carbons (Fsp3) is 0.720. The number of carbonyl (C=O) groups excluding carboxylic acids is 3. The Morgan fingerprint density at radius 3 is 2.65 bits per heavy atom. The van der Waals surface area contributed by atoms with Crippen molar-refractivity contribution < 1.29 is 29.3 Å². The molecule has 31 heavy (non-hydrogen) atoms. The van der Waals surface area contributed by atoms with Crippen LogP contribution in [0.15, 0.2) is 23.8 Å². The highest BCUT2D eigenvalue weighted by Gasteiger charge is 2.72. The number of hydrogen-bond donors (Lipinski definition) is 2. The first-order valence-corrected chi connectivity index (χ1v) is 11.5. The smallest absolute Gasteiger partial charge is 0.306 e. The first kappa shape index (κ1) is 22.4. The number of aliphatic hydroxyl groups is 2. The zero-order valence-electron chi connectivity index (χ0n) is 18.9. The molecule has 4 aliphatic rings. The molecule has 0 aromatic rings. The Labute approximate surface area is 183 Å². The number of allylic oxidation sites excluding steroid dienone is 4. The van der Waals surface area contributed by atoms with Crippen LogP contribution in [0.3, 0.4) is 0 Å². The number of hydrogen-bond acceptors (Lipinski definition) is 6. The van der Waals surface area contributed by atoms with Gasteiger partial charge in [0.2, 0.25) is 5.78 Å². The van der Waals surface area contributed by atoms with Crippen LogP contribution in [0, 0.1) is 34.5 Å². The summed E-state index contributed by atoms with van der Waals surface area (Å²) in [5.74, 6) is -1.05. The van der Waals surface area contributed by atoms with Crippen LogP contribution in [0.4, 0.5) is 0 Å². The molecule has 8 atom stereocenters. The molecule has 4 aliphatic carbocycles. The third kappa shape index (κ3) is 2.87. The highest BCUT2D eigenvalue weighted by atomic mass is 16.6. The van der Waals surface area contributed by atoms with Gasteiger partial charge in [-0.1, -0.05) is 39.3 Å². The van der Waals surface area contributed by atoms with Crippen molar-refractivity contribution in [1.29, 1.82) is 0 Å². The average molecular weight is 431 g/mol. The van der Waals surface area contributed by atoms with Gasteiger partial charge in [0, 0.05) is 29.1 Å². The van der Waals surface area contributed by atoms with E-state index in [9.17, 15) is 24.6 Å². The topological polar surface area (TPSA) is 101 Å². The van der Waals surface area contributed by atoms with Gasteiger partial charge in [-0.05, 0) is 49.7 Å². The second-order valence-corrected chi connectivity index (χ2v) is 10.5. The van der Waals surface area contributed by atoms with E-state index < -0.39 is 40.9 Å². The largest absolute Gasteiger partial charge is 0.450 e. The first-order chi connectivity index (χ1) is 14.5. The Hall–Kier alpha value is -1.79. The fourth-order valence-corrected chi connectivity index (χ4v) is 7.88. The number of carbonyl (C=O) groups is 3. The molecule has 0 unspecified atom stereocenters. The summed E-state index contributed by atoms with van der Waals surface area (Å²) in [6.07, 6.45) is 7.32. The van der Waals surface area contributed by atoms with Crippen LogP contribution in [-0.2, 0) is 19.1 Å². The second kappa shape index (κ2) is 7.38. The minimum Gasteiger partial charge on any atom is -0.450 e. The molecular weight excluding hydrogens is 396 g/mol. The molecule has 0 saturated heterocycles. The van der Waals surface area contributed by atoms with Crippen LogP contribution in [0.1, 0.15) is 59.8 Å². The molecule has 6 heteroatoms. The normalized spacial score (nSPS) is 45.9. The van der Waals surface area contributed by atoms with E-state index in [0.717, 1.165) is 18.4 Å². The molecule has 4 rings (SSSR count). The van der Waals surface area contributed by atoms with Crippen LogP contribution < -0.4 is 0 Å². The summed E-state index contributed by atoms with van der Waals surface area (Å²) in [6.45, 7) is 6.99. The lowest BCUT2D eigenvalue weighted by atomic mass is 9.46. The van der Waals surface area contributed by atoms with Crippen LogP contribution in [0.2, 0.25) is 0 Å². The molecule has 170 valence electrons. The summed E-state index contributed by atoms with van der Waals surface area (Å²) in [7, 11) is 0. The van der Waals surface area contributed by atoms with Gasteiger partial charge in [0.05, 0.1) is 6.10 Å². The van der Waals surface area contributed by atoms with Crippen molar-refractivity contribution in [2.24, 2.45) is 34.5 Å². The van der Waals surface area contributed by atoms with E-state index in [0.29, 0.717) is 12.8 Å². The predicted molar refractivity (Wildman–Crippen MR) is 114 cm³/mol. The van der Waals surface area contributed by atoms with Crippen molar-refractivity contribution in [2.45, 2.75) is 71.5 Å². The van der Waals surface area contributed by atoms with Gasteiger partial charge < -0.3 is 14.9 Å². The molecule has 3 fully saturated rings.